The number of amides is 1. The van der Waals surface area contributed by atoms with Crippen molar-refractivity contribution in [1.29, 1.82) is 0 Å². The quantitative estimate of drug-likeness (QED) is 0.534. The third kappa shape index (κ3) is 4.08. The molecule has 3 aromatic heterocycles. The second-order valence-electron chi connectivity index (χ2n) is 7.48. The molecule has 4 aromatic rings. The molecular weight excluding hydrogens is 374 g/mol. The Balaban J connectivity index is 1.53. The third-order valence-corrected chi connectivity index (χ3v) is 5.31. The zero-order valence-corrected chi connectivity index (χ0v) is 17.5. The number of carbonyl (C=O) groups is 1. The number of aryl methyl sites for hydroxylation is 3. The molecule has 4 rings (SSSR count). The Morgan fingerprint density at radius 3 is 2.57 bits per heavy atom. The molecule has 0 fully saturated rings. The van der Waals surface area contributed by atoms with Crippen LogP contribution in [0.4, 0.5) is 0 Å². The summed E-state index contributed by atoms with van der Waals surface area (Å²) in [6, 6.07) is 17.3. The molecule has 1 N–H and O–H groups in total. The summed E-state index contributed by atoms with van der Waals surface area (Å²) < 4.78 is 1.86. The number of nitrogens with one attached hydrogen (secondary N) is 1. The van der Waals surface area contributed by atoms with Crippen LogP contribution in [-0.4, -0.2) is 25.5 Å². The van der Waals surface area contributed by atoms with Gasteiger partial charge >= 0.3 is 0 Å². The summed E-state index contributed by atoms with van der Waals surface area (Å²) >= 11 is 0. The predicted molar refractivity (Wildman–Crippen MR) is 116 cm³/mol. The molecule has 3 heterocycles. The Morgan fingerprint density at radius 2 is 1.83 bits per heavy atom. The number of carbonyl (C=O) groups excluding carboxylic acids is 1. The molecule has 0 bridgehead atoms. The number of hydrogen-bond acceptors (Lipinski definition) is 4. The second kappa shape index (κ2) is 8.45. The van der Waals surface area contributed by atoms with E-state index >= 15 is 0 Å². The van der Waals surface area contributed by atoms with Crippen molar-refractivity contribution in [2.45, 2.75) is 39.7 Å². The number of pyridine rings is 1. The van der Waals surface area contributed by atoms with Gasteiger partial charge in [0.2, 0.25) is 5.91 Å². The van der Waals surface area contributed by atoms with Gasteiger partial charge in [0.25, 0.3) is 0 Å². The minimum Gasteiger partial charge on any atom is -0.344 e. The van der Waals surface area contributed by atoms with Gasteiger partial charge in [0.15, 0.2) is 5.65 Å². The van der Waals surface area contributed by atoms with E-state index in [1.54, 1.807) is 6.20 Å². The molecule has 6 nitrogen and oxygen atoms in total. The van der Waals surface area contributed by atoms with E-state index in [9.17, 15) is 4.79 Å². The average Bonchev–Trinajstić information content (AvgIpc) is 3.13. The zero-order chi connectivity index (χ0) is 21.1. The van der Waals surface area contributed by atoms with Crippen molar-refractivity contribution in [1.82, 2.24) is 24.9 Å². The summed E-state index contributed by atoms with van der Waals surface area (Å²) in [7, 11) is 0. The van der Waals surface area contributed by atoms with Gasteiger partial charge in [-0.15, -0.1) is 0 Å². The number of fused-ring (bicyclic) bond motifs is 1. The molecule has 0 radical (unpaired) electrons. The fourth-order valence-electron chi connectivity index (χ4n) is 3.79. The molecule has 0 aliphatic heterocycles. The Hall–Kier alpha value is -3.54. The van der Waals surface area contributed by atoms with Gasteiger partial charge in [0.1, 0.15) is 0 Å². The SMILES string of the molecule is Cc1cc2nc(C)c(CCC(=O)NC(c3ccccc3)c3ccccn3)c(C)n2n1. The summed E-state index contributed by atoms with van der Waals surface area (Å²) in [5, 5.41) is 7.67. The van der Waals surface area contributed by atoms with E-state index in [-0.39, 0.29) is 11.9 Å². The number of nitrogens with zero attached hydrogens (tertiary/aromatic N) is 4. The van der Waals surface area contributed by atoms with Crippen LogP contribution < -0.4 is 5.32 Å². The van der Waals surface area contributed by atoms with Gasteiger partial charge in [-0.05, 0) is 50.5 Å². The molecule has 1 amide bonds. The largest absolute Gasteiger partial charge is 0.344 e. The van der Waals surface area contributed by atoms with Crippen LogP contribution in [0.15, 0.2) is 60.8 Å². The fraction of sp³-hybridized carbons (Fsp3) is 0.250. The smallest absolute Gasteiger partial charge is 0.221 e. The standard InChI is InChI=1S/C24H25N5O/c1-16-15-22-26-17(2)20(18(3)29(22)28-16)12-13-23(30)27-24(19-9-5-4-6-10-19)21-11-7-8-14-25-21/h4-11,14-15,24H,12-13H2,1-3H3,(H,27,30). The number of aromatic nitrogens is 4. The van der Waals surface area contributed by atoms with Crippen LogP contribution >= 0.6 is 0 Å². The first kappa shape index (κ1) is 19.8. The number of hydrogen-bond donors (Lipinski definition) is 1. The predicted octanol–water partition coefficient (Wildman–Crippen LogP) is 3.89. The van der Waals surface area contributed by atoms with Crippen molar-refractivity contribution in [3.8, 4) is 0 Å². The lowest BCUT2D eigenvalue weighted by Gasteiger charge is -2.19. The summed E-state index contributed by atoms with van der Waals surface area (Å²) in [5.74, 6) is -0.0231. The maximum Gasteiger partial charge on any atom is 0.221 e. The summed E-state index contributed by atoms with van der Waals surface area (Å²) in [6.45, 7) is 5.98. The van der Waals surface area contributed by atoms with E-state index in [0.29, 0.717) is 12.8 Å². The third-order valence-electron chi connectivity index (χ3n) is 5.31. The first-order chi connectivity index (χ1) is 14.5. The molecule has 30 heavy (non-hydrogen) atoms. The van der Waals surface area contributed by atoms with Crippen molar-refractivity contribution < 1.29 is 4.79 Å². The van der Waals surface area contributed by atoms with Crippen molar-refractivity contribution >= 4 is 11.6 Å². The normalized spacial score (nSPS) is 12.1. The fourth-order valence-corrected chi connectivity index (χ4v) is 3.79. The summed E-state index contributed by atoms with van der Waals surface area (Å²) in [6.07, 6.45) is 2.72. The summed E-state index contributed by atoms with van der Waals surface area (Å²) in [4.78, 5) is 22.0. The molecule has 0 saturated carbocycles. The minimum absolute atomic E-state index is 0.0231. The van der Waals surface area contributed by atoms with Crippen LogP contribution in [0.3, 0.4) is 0 Å². The van der Waals surface area contributed by atoms with Crippen LogP contribution in [0.1, 0.15) is 46.4 Å². The molecular formula is C24H25N5O. The first-order valence-electron chi connectivity index (χ1n) is 10.1. The monoisotopic (exact) mass is 399 g/mol. The van der Waals surface area contributed by atoms with Crippen LogP contribution in [0.5, 0.6) is 0 Å². The van der Waals surface area contributed by atoms with Crippen molar-refractivity contribution in [2.75, 3.05) is 0 Å². The number of benzene rings is 1. The lowest BCUT2D eigenvalue weighted by molar-refractivity contribution is -0.121. The molecule has 0 aliphatic carbocycles. The lowest BCUT2D eigenvalue weighted by Crippen LogP contribution is -2.30. The molecule has 0 spiro atoms. The zero-order valence-electron chi connectivity index (χ0n) is 17.5. The molecule has 1 aromatic carbocycles. The van der Waals surface area contributed by atoms with Gasteiger partial charge in [-0.3, -0.25) is 9.78 Å². The second-order valence-corrected chi connectivity index (χ2v) is 7.48. The number of rotatable bonds is 6. The molecule has 1 atom stereocenters. The minimum atomic E-state index is -0.281. The van der Waals surface area contributed by atoms with E-state index in [1.165, 1.54) is 0 Å². The van der Waals surface area contributed by atoms with E-state index in [2.05, 4.69) is 20.4 Å². The maximum atomic E-state index is 12.9. The van der Waals surface area contributed by atoms with Gasteiger partial charge < -0.3 is 5.32 Å². The molecule has 152 valence electrons. The highest BCUT2D eigenvalue weighted by Crippen LogP contribution is 2.21. The molecule has 0 aliphatic rings. The Bertz CT molecular complexity index is 1130. The van der Waals surface area contributed by atoms with Gasteiger partial charge in [0.05, 0.1) is 17.4 Å². The van der Waals surface area contributed by atoms with E-state index in [1.807, 2.05) is 79.9 Å². The molecule has 0 saturated heterocycles. The average molecular weight is 399 g/mol. The Kier molecular flexibility index (Phi) is 5.57. The van der Waals surface area contributed by atoms with Crippen LogP contribution in [0.2, 0.25) is 0 Å². The lowest BCUT2D eigenvalue weighted by atomic mass is 10.0. The first-order valence-corrected chi connectivity index (χ1v) is 10.1. The maximum absolute atomic E-state index is 12.9. The van der Waals surface area contributed by atoms with Gasteiger partial charge in [-0.25, -0.2) is 9.50 Å². The highest BCUT2D eigenvalue weighted by molar-refractivity contribution is 5.77. The molecule has 6 heteroatoms. The topological polar surface area (TPSA) is 72.2 Å². The Labute approximate surface area is 176 Å². The highest BCUT2D eigenvalue weighted by Gasteiger charge is 2.19. The van der Waals surface area contributed by atoms with Gasteiger partial charge in [-0.1, -0.05) is 36.4 Å². The van der Waals surface area contributed by atoms with Crippen LogP contribution in [-0.2, 0) is 11.2 Å². The van der Waals surface area contributed by atoms with E-state index < -0.39 is 0 Å². The van der Waals surface area contributed by atoms with Crippen LogP contribution in [0.25, 0.3) is 5.65 Å². The summed E-state index contributed by atoms with van der Waals surface area (Å²) in [5.41, 5.74) is 6.64. The van der Waals surface area contributed by atoms with Crippen molar-refractivity contribution in [3.05, 3.63) is 94.7 Å². The van der Waals surface area contributed by atoms with E-state index in [4.69, 9.17) is 0 Å². The van der Waals surface area contributed by atoms with Crippen LogP contribution in [0, 0.1) is 20.8 Å². The highest BCUT2D eigenvalue weighted by atomic mass is 16.1. The van der Waals surface area contributed by atoms with Gasteiger partial charge in [0, 0.05) is 30.1 Å². The van der Waals surface area contributed by atoms with Crippen molar-refractivity contribution in [3.63, 3.8) is 0 Å². The van der Waals surface area contributed by atoms with Crippen molar-refractivity contribution in [2.24, 2.45) is 0 Å². The Morgan fingerprint density at radius 1 is 1.07 bits per heavy atom. The van der Waals surface area contributed by atoms with Gasteiger partial charge in [-0.2, -0.15) is 5.10 Å². The van der Waals surface area contributed by atoms with E-state index in [0.717, 1.165) is 39.5 Å². The molecule has 1 unspecified atom stereocenters.